The summed E-state index contributed by atoms with van der Waals surface area (Å²) in [7, 11) is 1.51. The van der Waals surface area contributed by atoms with E-state index in [1.165, 1.54) is 13.2 Å². The maximum absolute atomic E-state index is 13.8. The molecule has 0 radical (unpaired) electrons. The van der Waals surface area contributed by atoms with Crippen LogP contribution in [0.4, 0.5) is 4.39 Å². The van der Waals surface area contributed by atoms with Crippen LogP contribution in [0.2, 0.25) is 0 Å². The lowest BCUT2D eigenvalue weighted by Gasteiger charge is -2.41. The van der Waals surface area contributed by atoms with Gasteiger partial charge in [-0.25, -0.2) is 4.39 Å². The van der Waals surface area contributed by atoms with Gasteiger partial charge in [-0.1, -0.05) is 12.1 Å². The Balaban J connectivity index is 1.50. The molecule has 0 unspecified atom stereocenters. The Bertz CT molecular complexity index is 594. The van der Waals surface area contributed by atoms with Crippen molar-refractivity contribution in [2.45, 2.75) is 38.3 Å². The Morgan fingerprint density at radius 1 is 1.20 bits per heavy atom. The fourth-order valence-corrected chi connectivity index (χ4v) is 4.10. The third-order valence-electron chi connectivity index (χ3n) is 5.60. The van der Waals surface area contributed by atoms with Crippen LogP contribution in [0.1, 0.15) is 31.2 Å². The first-order valence-electron chi connectivity index (χ1n) is 9.09. The SMILES string of the molecule is COc1c(F)cccc1CN1CCC(N2CCC(C(=O)O)CC2)CC1. The van der Waals surface area contributed by atoms with E-state index in [-0.39, 0.29) is 11.7 Å². The first-order valence-corrected chi connectivity index (χ1v) is 9.09. The van der Waals surface area contributed by atoms with Crippen molar-refractivity contribution in [1.29, 1.82) is 0 Å². The van der Waals surface area contributed by atoms with Crippen LogP contribution in [0.3, 0.4) is 0 Å². The summed E-state index contributed by atoms with van der Waals surface area (Å²) in [6.45, 7) is 4.43. The van der Waals surface area contributed by atoms with Crippen LogP contribution in [0.25, 0.3) is 0 Å². The molecule has 1 aromatic carbocycles. The maximum Gasteiger partial charge on any atom is 0.306 e. The molecule has 2 aliphatic rings. The molecule has 0 amide bonds. The molecule has 2 aliphatic heterocycles. The average Bonchev–Trinajstić information content (AvgIpc) is 2.63. The smallest absolute Gasteiger partial charge is 0.306 e. The molecule has 1 N–H and O–H groups in total. The van der Waals surface area contributed by atoms with E-state index in [0.717, 1.165) is 57.4 Å². The Kier molecular flexibility index (Phi) is 5.91. The summed E-state index contributed by atoms with van der Waals surface area (Å²) in [6, 6.07) is 5.62. The van der Waals surface area contributed by atoms with Gasteiger partial charge in [0.1, 0.15) is 0 Å². The van der Waals surface area contributed by atoms with Gasteiger partial charge in [0.15, 0.2) is 11.6 Å². The molecule has 0 aromatic heterocycles. The standard InChI is InChI=1S/C19H27FN2O3/c1-25-18-15(3-2-4-17(18)20)13-21-9-7-16(8-10-21)22-11-5-14(6-12-22)19(23)24/h2-4,14,16H,5-13H2,1H3,(H,23,24). The van der Waals surface area contributed by atoms with E-state index >= 15 is 0 Å². The van der Waals surface area contributed by atoms with Gasteiger partial charge in [-0.15, -0.1) is 0 Å². The number of aliphatic carboxylic acids is 1. The van der Waals surface area contributed by atoms with Crippen molar-refractivity contribution >= 4 is 5.97 Å². The molecule has 6 heteroatoms. The summed E-state index contributed by atoms with van der Waals surface area (Å²) in [5.74, 6) is -0.785. The molecule has 25 heavy (non-hydrogen) atoms. The number of carboxylic acids is 1. The Morgan fingerprint density at radius 3 is 2.48 bits per heavy atom. The van der Waals surface area contributed by atoms with Gasteiger partial charge in [-0.3, -0.25) is 9.69 Å². The molecule has 1 aromatic rings. The number of ether oxygens (including phenoxy) is 1. The van der Waals surface area contributed by atoms with E-state index in [2.05, 4.69) is 9.80 Å². The van der Waals surface area contributed by atoms with Crippen molar-refractivity contribution in [1.82, 2.24) is 9.80 Å². The summed E-state index contributed by atoms with van der Waals surface area (Å²) in [5, 5.41) is 9.11. The molecule has 5 nitrogen and oxygen atoms in total. The van der Waals surface area contributed by atoms with Crippen molar-refractivity contribution < 1.29 is 19.0 Å². The number of hydrogen-bond acceptors (Lipinski definition) is 4. The van der Waals surface area contributed by atoms with E-state index in [4.69, 9.17) is 9.84 Å². The third kappa shape index (κ3) is 4.30. The van der Waals surface area contributed by atoms with Gasteiger partial charge in [-0.2, -0.15) is 0 Å². The lowest BCUT2D eigenvalue weighted by atomic mass is 9.93. The monoisotopic (exact) mass is 350 g/mol. The minimum atomic E-state index is -0.654. The van der Waals surface area contributed by atoms with Crippen molar-refractivity contribution in [2.75, 3.05) is 33.3 Å². The van der Waals surface area contributed by atoms with Gasteiger partial charge < -0.3 is 14.7 Å². The Hall–Kier alpha value is -1.66. The number of likely N-dealkylation sites (tertiary alicyclic amines) is 2. The van der Waals surface area contributed by atoms with Gasteiger partial charge in [-0.05, 0) is 57.9 Å². The highest BCUT2D eigenvalue weighted by atomic mass is 19.1. The molecular weight excluding hydrogens is 323 g/mol. The van der Waals surface area contributed by atoms with Gasteiger partial charge in [0.05, 0.1) is 13.0 Å². The Labute approximate surface area is 148 Å². The number of carboxylic acid groups (broad SMARTS) is 1. The van der Waals surface area contributed by atoms with Crippen molar-refractivity contribution in [3.8, 4) is 5.75 Å². The minimum absolute atomic E-state index is 0.170. The molecule has 0 saturated carbocycles. The zero-order valence-corrected chi connectivity index (χ0v) is 14.8. The van der Waals surface area contributed by atoms with E-state index in [1.807, 2.05) is 6.07 Å². The quantitative estimate of drug-likeness (QED) is 0.885. The number of nitrogens with zero attached hydrogens (tertiary/aromatic N) is 2. The Morgan fingerprint density at radius 2 is 1.88 bits per heavy atom. The zero-order valence-electron chi connectivity index (χ0n) is 14.8. The van der Waals surface area contributed by atoms with Crippen molar-refractivity contribution in [3.05, 3.63) is 29.6 Å². The largest absolute Gasteiger partial charge is 0.493 e. The van der Waals surface area contributed by atoms with Crippen LogP contribution in [0, 0.1) is 11.7 Å². The molecule has 0 bridgehead atoms. The van der Waals surface area contributed by atoms with E-state index in [1.54, 1.807) is 6.07 Å². The fraction of sp³-hybridized carbons (Fsp3) is 0.632. The number of para-hydroxylation sites is 1. The normalized spacial score (nSPS) is 21.4. The van der Waals surface area contributed by atoms with Crippen molar-refractivity contribution in [3.63, 3.8) is 0 Å². The maximum atomic E-state index is 13.8. The molecule has 0 aliphatic carbocycles. The van der Waals surface area contributed by atoms with Gasteiger partial charge >= 0.3 is 5.97 Å². The molecule has 2 saturated heterocycles. The third-order valence-corrected chi connectivity index (χ3v) is 5.60. The van der Waals surface area contributed by atoms with E-state index < -0.39 is 5.97 Å². The van der Waals surface area contributed by atoms with Crippen LogP contribution in [-0.2, 0) is 11.3 Å². The highest BCUT2D eigenvalue weighted by molar-refractivity contribution is 5.70. The predicted molar refractivity (Wildman–Crippen MR) is 93.2 cm³/mol. The molecule has 0 spiro atoms. The highest BCUT2D eigenvalue weighted by Gasteiger charge is 2.30. The number of benzene rings is 1. The van der Waals surface area contributed by atoms with Crippen molar-refractivity contribution in [2.24, 2.45) is 5.92 Å². The van der Waals surface area contributed by atoms with Crippen LogP contribution in [0.5, 0.6) is 5.75 Å². The first-order chi connectivity index (χ1) is 12.1. The highest BCUT2D eigenvalue weighted by Crippen LogP contribution is 2.27. The van der Waals surface area contributed by atoms with Crippen LogP contribution in [-0.4, -0.2) is 60.2 Å². The lowest BCUT2D eigenvalue weighted by molar-refractivity contribution is -0.143. The van der Waals surface area contributed by atoms with Gasteiger partial charge in [0, 0.05) is 18.2 Å². The lowest BCUT2D eigenvalue weighted by Crippen LogP contribution is -2.48. The van der Waals surface area contributed by atoms with Crippen LogP contribution in [0.15, 0.2) is 18.2 Å². The molecule has 3 rings (SSSR count). The second-order valence-corrected chi connectivity index (χ2v) is 7.09. The number of piperidine rings is 2. The molecule has 2 heterocycles. The summed E-state index contributed by atoms with van der Waals surface area (Å²) < 4.78 is 19.0. The van der Waals surface area contributed by atoms with E-state index in [9.17, 15) is 9.18 Å². The molecule has 138 valence electrons. The minimum Gasteiger partial charge on any atom is -0.493 e. The zero-order chi connectivity index (χ0) is 17.8. The topological polar surface area (TPSA) is 53.0 Å². The van der Waals surface area contributed by atoms with Gasteiger partial charge in [0.2, 0.25) is 0 Å². The van der Waals surface area contributed by atoms with Crippen LogP contribution >= 0.6 is 0 Å². The number of hydrogen-bond donors (Lipinski definition) is 1. The predicted octanol–water partition coefficient (Wildman–Crippen LogP) is 2.60. The number of halogens is 1. The number of rotatable bonds is 5. The van der Waals surface area contributed by atoms with E-state index in [0.29, 0.717) is 18.3 Å². The summed E-state index contributed by atoms with van der Waals surface area (Å²) >= 11 is 0. The summed E-state index contributed by atoms with van der Waals surface area (Å²) in [5.41, 5.74) is 0.892. The average molecular weight is 350 g/mol. The second kappa shape index (κ2) is 8.15. The molecular formula is C19H27FN2O3. The summed E-state index contributed by atoms with van der Waals surface area (Å²) in [6.07, 6.45) is 3.68. The van der Waals surface area contributed by atoms with Gasteiger partial charge in [0.25, 0.3) is 0 Å². The fourth-order valence-electron chi connectivity index (χ4n) is 4.10. The first kappa shape index (κ1) is 18.1. The molecule has 2 fully saturated rings. The number of carbonyl (C=O) groups is 1. The number of methoxy groups -OCH3 is 1. The summed E-state index contributed by atoms with van der Waals surface area (Å²) in [4.78, 5) is 15.9. The van der Waals surface area contributed by atoms with Crippen LogP contribution < -0.4 is 4.74 Å². The second-order valence-electron chi connectivity index (χ2n) is 7.09. The molecule has 0 atom stereocenters.